The minimum atomic E-state index is -0.933. The van der Waals surface area contributed by atoms with Gasteiger partial charge in [-0.1, -0.05) is 17.7 Å². The first-order chi connectivity index (χ1) is 7.58. The van der Waals surface area contributed by atoms with E-state index in [0.29, 0.717) is 10.6 Å². The van der Waals surface area contributed by atoms with Crippen molar-refractivity contribution in [3.8, 4) is 0 Å². The third-order valence-electron chi connectivity index (χ3n) is 2.16. The molecule has 1 heterocycles. The van der Waals surface area contributed by atoms with E-state index in [-0.39, 0.29) is 5.56 Å². The third kappa shape index (κ3) is 2.56. The number of aliphatic hydroxyl groups excluding tert-OH is 1. The number of aliphatic hydroxyl groups is 1. The first-order valence-corrected chi connectivity index (χ1v) is 6.78. The molecule has 0 radical (unpaired) electrons. The molecule has 0 fully saturated rings. The van der Waals surface area contributed by atoms with Gasteiger partial charge in [0.15, 0.2) is 0 Å². The molecular formula is C11H7ClFIOS. The van der Waals surface area contributed by atoms with Crippen LogP contribution in [0.15, 0.2) is 29.6 Å². The summed E-state index contributed by atoms with van der Waals surface area (Å²) in [5.41, 5.74) is 0.953. The average molecular weight is 369 g/mol. The molecular weight excluding hydrogens is 362 g/mol. The van der Waals surface area contributed by atoms with Crippen molar-refractivity contribution in [2.24, 2.45) is 0 Å². The SMILES string of the molecule is OC(c1csc(I)c1)c1ccc(Cl)cc1F. The molecule has 1 N–H and O–H groups in total. The van der Waals surface area contributed by atoms with E-state index in [9.17, 15) is 9.50 Å². The second-order valence-electron chi connectivity index (χ2n) is 3.25. The lowest BCUT2D eigenvalue weighted by Gasteiger charge is -2.10. The quantitative estimate of drug-likeness (QED) is 0.787. The van der Waals surface area contributed by atoms with Gasteiger partial charge in [-0.2, -0.15) is 0 Å². The Morgan fingerprint density at radius 3 is 2.69 bits per heavy atom. The number of hydrogen-bond acceptors (Lipinski definition) is 2. The van der Waals surface area contributed by atoms with Crippen molar-refractivity contribution < 1.29 is 9.50 Å². The molecule has 1 unspecified atom stereocenters. The van der Waals surface area contributed by atoms with Crippen molar-refractivity contribution in [2.75, 3.05) is 0 Å². The van der Waals surface area contributed by atoms with E-state index in [1.54, 1.807) is 6.07 Å². The van der Waals surface area contributed by atoms with Crippen LogP contribution in [0, 0.1) is 8.70 Å². The van der Waals surface area contributed by atoms with Gasteiger partial charge in [0.25, 0.3) is 0 Å². The van der Waals surface area contributed by atoms with Crippen LogP contribution >= 0.6 is 45.5 Å². The summed E-state index contributed by atoms with van der Waals surface area (Å²) in [6.07, 6.45) is -0.933. The van der Waals surface area contributed by atoms with Crippen LogP contribution in [0.4, 0.5) is 4.39 Å². The van der Waals surface area contributed by atoms with Crippen LogP contribution < -0.4 is 0 Å². The molecule has 0 saturated carbocycles. The zero-order valence-corrected chi connectivity index (χ0v) is 11.7. The lowest BCUT2D eigenvalue weighted by atomic mass is 10.0. The van der Waals surface area contributed by atoms with Crippen LogP contribution in [0.2, 0.25) is 5.02 Å². The molecule has 2 aromatic rings. The molecule has 0 spiro atoms. The molecule has 5 heteroatoms. The van der Waals surface area contributed by atoms with Crippen LogP contribution in [0.25, 0.3) is 0 Å². The van der Waals surface area contributed by atoms with Gasteiger partial charge in [-0.3, -0.25) is 0 Å². The van der Waals surface area contributed by atoms with E-state index in [0.717, 1.165) is 2.88 Å². The minimum absolute atomic E-state index is 0.249. The van der Waals surface area contributed by atoms with Crippen LogP contribution in [0.1, 0.15) is 17.2 Å². The molecule has 0 aliphatic carbocycles. The lowest BCUT2D eigenvalue weighted by Crippen LogP contribution is -2.01. The van der Waals surface area contributed by atoms with E-state index in [4.69, 9.17) is 11.6 Å². The molecule has 2 rings (SSSR count). The molecule has 0 bridgehead atoms. The molecule has 0 aliphatic heterocycles. The number of halogens is 3. The van der Waals surface area contributed by atoms with Gasteiger partial charge >= 0.3 is 0 Å². The summed E-state index contributed by atoms with van der Waals surface area (Å²) in [4.78, 5) is 0. The minimum Gasteiger partial charge on any atom is -0.384 e. The van der Waals surface area contributed by atoms with Crippen molar-refractivity contribution in [2.45, 2.75) is 6.10 Å². The highest BCUT2D eigenvalue weighted by Crippen LogP contribution is 2.29. The third-order valence-corrected chi connectivity index (χ3v) is 4.20. The maximum absolute atomic E-state index is 13.6. The second kappa shape index (κ2) is 5.00. The maximum Gasteiger partial charge on any atom is 0.130 e. The fraction of sp³-hybridized carbons (Fsp3) is 0.0909. The highest BCUT2D eigenvalue weighted by molar-refractivity contribution is 14.1. The van der Waals surface area contributed by atoms with Crippen LogP contribution in [-0.2, 0) is 0 Å². The van der Waals surface area contributed by atoms with E-state index in [2.05, 4.69) is 22.6 Å². The van der Waals surface area contributed by atoms with Crippen LogP contribution in [0.3, 0.4) is 0 Å². The Labute approximate surface area is 115 Å². The highest BCUT2D eigenvalue weighted by Gasteiger charge is 2.16. The monoisotopic (exact) mass is 368 g/mol. The molecule has 1 aromatic carbocycles. The molecule has 0 amide bonds. The van der Waals surface area contributed by atoms with Crippen LogP contribution in [0.5, 0.6) is 0 Å². The summed E-state index contributed by atoms with van der Waals surface area (Å²) in [7, 11) is 0. The number of benzene rings is 1. The number of thiophene rings is 1. The van der Waals surface area contributed by atoms with Gasteiger partial charge in [0.1, 0.15) is 11.9 Å². The summed E-state index contributed by atoms with van der Waals surface area (Å²) < 4.78 is 14.6. The lowest BCUT2D eigenvalue weighted by molar-refractivity contribution is 0.215. The highest BCUT2D eigenvalue weighted by atomic mass is 127. The molecule has 84 valence electrons. The van der Waals surface area contributed by atoms with Gasteiger partial charge in [-0.15, -0.1) is 11.3 Å². The molecule has 1 nitrogen and oxygen atoms in total. The number of rotatable bonds is 2. The van der Waals surface area contributed by atoms with Crippen molar-refractivity contribution in [1.82, 2.24) is 0 Å². The van der Waals surface area contributed by atoms with E-state index >= 15 is 0 Å². The van der Waals surface area contributed by atoms with Gasteiger partial charge in [-0.05, 0) is 51.7 Å². The van der Waals surface area contributed by atoms with Gasteiger partial charge in [0.05, 0.1) is 2.88 Å². The Hall–Kier alpha value is -0.170. The predicted molar refractivity (Wildman–Crippen MR) is 72.5 cm³/mol. The summed E-state index contributed by atoms with van der Waals surface area (Å²) in [5.74, 6) is -0.485. The smallest absolute Gasteiger partial charge is 0.130 e. The zero-order valence-electron chi connectivity index (χ0n) is 7.95. The van der Waals surface area contributed by atoms with Gasteiger partial charge < -0.3 is 5.11 Å². The van der Waals surface area contributed by atoms with Crippen molar-refractivity contribution in [1.29, 1.82) is 0 Å². The largest absolute Gasteiger partial charge is 0.384 e. The van der Waals surface area contributed by atoms with Gasteiger partial charge in [0, 0.05) is 10.6 Å². The Morgan fingerprint density at radius 2 is 2.12 bits per heavy atom. The van der Waals surface area contributed by atoms with Crippen molar-refractivity contribution in [3.63, 3.8) is 0 Å². The van der Waals surface area contributed by atoms with E-state index < -0.39 is 11.9 Å². The first-order valence-electron chi connectivity index (χ1n) is 4.45. The van der Waals surface area contributed by atoms with E-state index in [1.807, 2.05) is 11.4 Å². The summed E-state index contributed by atoms with van der Waals surface area (Å²) in [6.45, 7) is 0. The Morgan fingerprint density at radius 1 is 1.38 bits per heavy atom. The zero-order chi connectivity index (χ0) is 11.7. The normalized spacial score (nSPS) is 12.8. The van der Waals surface area contributed by atoms with Gasteiger partial charge in [0.2, 0.25) is 0 Å². The summed E-state index contributed by atoms with van der Waals surface area (Å²) in [6, 6.07) is 6.12. The average Bonchev–Trinajstić information content (AvgIpc) is 2.64. The van der Waals surface area contributed by atoms with Crippen LogP contribution in [-0.4, -0.2) is 5.11 Å². The Balaban J connectivity index is 2.37. The van der Waals surface area contributed by atoms with E-state index in [1.165, 1.54) is 23.5 Å². The summed E-state index contributed by atoms with van der Waals surface area (Å²) in [5, 5.41) is 12.1. The Kier molecular flexibility index (Phi) is 3.84. The summed E-state index contributed by atoms with van der Waals surface area (Å²) >= 11 is 9.33. The van der Waals surface area contributed by atoms with Gasteiger partial charge in [-0.25, -0.2) is 4.39 Å². The standard InChI is InChI=1S/C11H7ClFIOS/c12-7-1-2-8(9(13)4-7)11(15)6-3-10(14)16-5-6/h1-5,11,15H. The second-order valence-corrected chi connectivity index (χ2v) is 6.49. The maximum atomic E-state index is 13.6. The molecule has 1 aromatic heterocycles. The van der Waals surface area contributed by atoms with Crippen molar-refractivity contribution in [3.05, 3.63) is 54.5 Å². The molecule has 1 atom stereocenters. The topological polar surface area (TPSA) is 20.2 Å². The van der Waals surface area contributed by atoms with Crippen molar-refractivity contribution >= 4 is 45.5 Å². The fourth-order valence-electron chi connectivity index (χ4n) is 1.37. The Bertz CT molecular complexity index is 514. The molecule has 0 aliphatic rings. The molecule has 16 heavy (non-hydrogen) atoms. The first kappa shape index (κ1) is 12.3. The fourth-order valence-corrected chi connectivity index (χ4v) is 2.92. The molecule has 0 saturated heterocycles. The number of hydrogen-bond donors (Lipinski definition) is 1. The predicted octanol–water partition coefficient (Wildman–Crippen LogP) is 4.23.